The van der Waals surface area contributed by atoms with Crippen molar-refractivity contribution in [2.45, 2.75) is 58.3 Å². The maximum absolute atomic E-state index is 12.5. The molecule has 162 valence electrons. The predicted molar refractivity (Wildman–Crippen MR) is 121 cm³/mol. The molecule has 0 radical (unpaired) electrons. The summed E-state index contributed by atoms with van der Waals surface area (Å²) in [4.78, 5) is 15.1. The number of unbranched alkanes of at least 4 members (excludes halogenated alkanes) is 3. The molecule has 1 saturated heterocycles. The van der Waals surface area contributed by atoms with Crippen molar-refractivity contribution in [2.24, 2.45) is 5.92 Å². The minimum absolute atomic E-state index is 0.0528. The number of para-hydroxylation sites is 1. The number of rotatable bonds is 8. The van der Waals surface area contributed by atoms with Gasteiger partial charge in [0.15, 0.2) is 0 Å². The molecule has 2 aromatic carbocycles. The molecule has 3 rings (SSSR count). The van der Waals surface area contributed by atoms with Gasteiger partial charge in [-0.25, -0.2) is 4.79 Å². The lowest BCUT2D eigenvalue weighted by atomic mass is 9.68. The molecule has 2 unspecified atom stereocenters. The summed E-state index contributed by atoms with van der Waals surface area (Å²) in [5.41, 5.74) is 1.44. The van der Waals surface area contributed by atoms with Crippen LogP contribution < -0.4 is 4.74 Å². The van der Waals surface area contributed by atoms with E-state index in [-0.39, 0.29) is 16.7 Å². The number of hydrogen-bond donors (Lipinski definition) is 1. The molecule has 30 heavy (non-hydrogen) atoms. The van der Waals surface area contributed by atoms with Crippen molar-refractivity contribution in [2.75, 3.05) is 19.6 Å². The van der Waals surface area contributed by atoms with Crippen molar-refractivity contribution in [3.63, 3.8) is 0 Å². The van der Waals surface area contributed by atoms with E-state index in [9.17, 15) is 9.90 Å². The van der Waals surface area contributed by atoms with Gasteiger partial charge in [0, 0.05) is 6.54 Å². The minimum atomic E-state index is -0.537. The van der Waals surface area contributed by atoms with E-state index >= 15 is 0 Å². The first kappa shape index (κ1) is 22.4. The number of likely N-dealkylation sites (tertiary alicyclic amines) is 1. The number of nitrogens with zero attached hydrogens (tertiary/aromatic N) is 1. The minimum Gasteiger partial charge on any atom is -0.507 e. The zero-order chi connectivity index (χ0) is 21.6. The fourth-order valence-corrected chi connectivity index (χ4v) is 4.43. The molecule has 0 aromatic heterocycles. The molecule has 1 N–H and O–H groups in total. The summed E-state index contributed by atoms with van der Waals surface area (Å²) >= 11 is 0. The number of phenolic OH excluding ortho intramolecular Hbond substituents is 1. The molecule has 0 amide bonds. The van der Waals surface area contributed by atoms with E-state index in [4.69, 9.17) is 4.74 Å². The number of aromatic hydroxyl groups is 1. The van der Waals surface area contributed by atoms with Crippen molar-refractivity contribution in [3.8, 4) is 11.5 Å². The summed E-state index contributed by atoms with van der Waals surface area (Å²) in [7, 11) is 0. The third-order valence-electron chi connectivity index (χ3n) is 6.72. The quantitative estimate of drug-likeness (QED) is 0.340. The van der Waals surface area contributed by atoms with Crippen LogP contribution in [0, 0.1) is 5.92 Å². The number of esters is 1. The smallest absolute Gasteiger partial charge is 0.347 e. The fourth-order valence-electron chi connectivity index (χ4n) is 4.43. The summed E-state index contributed by atoms with van der Waals surface area (Å²) in [6, 6.07) is 14.4. The monoisotopic (exact) mass is 409 g/mol. The van der Waals surface area contributed by atoms with Gasteiger partial charge in [-0.1, -0.05) is 64.3 Å². The second-order valence-electron chi connectivity index (χ2n) is 8.86. The van der Waals surface area contributed by atoms with Crippen LogP contribution in [0.4, 0.5) is 0 Å². The molecule has 2 atom stereocenters. The highest BCUT2D eigenvalue weighted by molar-refractivity contribution is 5.93. The number of carbonyl (C=O) groups excluding carboxylic acids is 1. The summed E-state index contributed by atoms with van der Waals surface area (Å²) in [6.45, 7) is 10.3. The topological polar surface area (TPSA) is 49.8 Å². The van der Waals surface area contributed by atoms with Crippen LogP contribution in [0.5, 0.6) is 11.5 Å². The maximum Gasteiger partial charge on any atom is 0.347 e. The van der Waals surface area contributed by atoms with Crippen molar-refractivity contribution in [1.29, 1.82) is 0 Å². The Labute approximate surface area is 180 Å². The van der Waals surface area contributed by atoms with Gasteiger partial charge in [-0.3, -0.25) is 0 Å². The molecule has 4 heteroatoms. The molecule has 1 fully saturated rings. The Morgan fingerprint density at radius 2 is 1.97 bits per heavy atom. The van der Waals surface area contributed by atoms with Gasteiger partial charge in [0.25, 0.3) is 0 Å². The summed E-state index contributed by atoms with van der Waals surface area (Å²) in [5, 5.41) is 9.90. The van der Waals surface area contributed by atoms with Crippen LogP contribution in [0.2, 0.25) is 0 Å². The Balaban J connectivity index is 1.66. The maximum atomic E-state index is 12.5. The lowest BCUT2D eigenvalue weighted by molar-refractivity contribution is 0.0730. The molecule has 4 nitrogen and oxygen atoms in total. The van der Waals surface area contributed by atoms with Gasteiger partial charge in [0.05, 0.1) is 0 Å². The Morgan fingerprint density at radius 1 is 1.17 bits per heavy atom. The number of carbonyl (C=O) groups is 1. The largest absolute Gasteiger partial charge is 0.507 e. The normalized spacial score (nSPS) is 22.0. The number of piperidine rings is 1. The first-order chi connectivity index (χ1) is 14.4. The van der Waals surface area contributed by atoms with Crippen molar-refractivity contribution >= 4 is 5.97 Å². The van der Waals surface area contributed by atoms with Crippen LogP contribution in [-0.2, 0) is 5.41 Å². The summed E-state index contributed by atoms with van der Waals surface area (Å²) < 4.78 is 5.58. The van der Waals surface area contributed by atoms with E-state index in [1.54, 1.807) is 24.3 Å². The molecular weight excluding hydrogens is 374 g/mol. The first-order valence-corrected chi connectivity index (χ1v) is 11.3. The molecule has 1 aliphatic heterocycles. The number of benzene rings is 2. The Bertz CT molecular complexity index is 850. The molecule has 0 spiro atoms. The van der Waals surface area contributed by atoms with Crippen LogP contribution in [0.1, 0.15) is 68.8 Å². The van der Waals surface area contributed by atoms with Gasteiger partial charge in [-0.05, 0) is 67.1 Å². The van der Waals surface area contributed by atoms with Crippen molar-refractivity contribution in [3.05, 3.63) is 59.7 Å². The van der Waals surface area contributed by atoms with E-state index in [2.05, 4.69) is 31.7 Å². The second kappa shape index (κ2) is 10.1. The van der Waals surface area contributed by atoms with Crippen LogP contribution in [-0.4, -0.2) is 35.6 Å². The highest BCUT2D eigenvalue weighted by atomic mass is 16.5. The zero-order valence-corrected chi connectivity index (χ0v) is 18.6. The Kier molecular flexibility index (Phi) is 7.54. The van der Waals surface area contributed by atoms with Gasteiger partial charge in [0.1, 0.15) is 17.1 Å². The van der Waals surface area contributed by atoms with E-state index in [0.717, 1.165) is 19.5 Å². The average molecular weight is 410 g/mol. The van der Waals surface area contributed by atoms with Crippen molar-refractivity contribution in [1.82, 2.24) is 4.90 Å². The lowest BCUT2D eigenvalue weighted by Gasteiger charge is -2.45. The van der Waals surface area contributed by atoms with Gasteiger partial charge >= 0.3 is 5.97 Å². The van der Waals surface area contributed by atoms with Gasteiger partial charge < -0.3 is 14.7 Å². The third kappa shape index (κ3) is 5.23. The standard InChI is InChI=1S/C26H35NO3/c1-4-5-6-9-16-27-17-15-26(3,20(2)19-27)21-11-10-12-22(18-21)30-25(29)23-13-7-8-14-24(23)28/h7-8,10-14,18,20,28H,4-6,9,15-17,19H2,1-3H3. The molecular formula is C26H35NO3. The molecule has 1 heterocycles. The Morgan fingerprint density at radius 3 is 2.70 bits per heavy atom. The molecule has 0 saturated carbocycles. The fraction of sp³-hybridized carbons (Fsp3) is 0.500. The average Bonchev–Trinajstić information content (AvgIpc) is 2.74. The van der Waals surface area contributed by atoms with Crippen LogP contribution in [0.15, 0.2) is 48.5 Å². The van der Waals surface area contributed by atoms with Gasteiger partial charge in [0.2, 0.25) is 0 Å². The zero-order valence-electron chi connectivity index (χ0n) is 18.6. The number of phenols is 1. The van der Waals surface area contributed by atoms with E-state index in [1.165, 1.54) is 43.9 Å². The SMILES string of the molecule is CCCCCCN1CCC(C)(c2cccc(OC(=O)c3ccccc3O)c2)C(C)C1. The van der Waals surface area contributed by atoms with Crippen LogP contribution in [0.25, 0.3) is 0 Å². The number of ether oxygens (including phenoxy) is 1. The second-order valence-corrected chi connectivity index (χ2v) is 8.86. The van der Waals surface area contributed by atoms with E-state index in [1.807, 2.05) is 12.1 Å². The van der Waals surface area contributed by atoms with E-state index in [0.29, 0.717) is 11.7 Å². The van der Waals surface area contributed by atoms with Gasteiger partial charge in [-0.15, -0.1) is 0 Å². The third-order valence-corrected chi connectivity index (χ3v) is 6.72. The van der Waals surface area contributed by atoms with Crippen LogP contribution in [0.3, 0.4) is 0 Å². The van der Waals surface area contributed by atoms with Gasteiger partial charge in [-0.2, -0.15) is 0 Å². The molecule has 0 bridgehead atoms. The molecule has 1 aliphatic rings. The lowest BCUT2D eigenvalue weighted by Crippen LogP contribution is -2.47. The predicted octanol–water partition coefficient (Wildman–Crippen LogP) is 5.79. The van der Waals surface area contributed by atoms with Crippen LogP contribution >= 0.6 is 0 Å². The Hall–Kier alpha value is -2.33. The first-order valence-electron chi connectivity index (χ1n) is 11.3. The highest BCUT2D eigenvalue weighted by Gasteiger charge is 2.38. The van der Waals surface area contributed by atoms with Crippen molar-refractivity contribution < 1.29 is 14.6 Å². The molecule has 2 aromatic rings. The molecule has 0 aliphatic carbocycles. The summed E-state index contributed by atoms with van der Waals surface area (Å²) in [5.74, 6) is 0.439. The highest BCUT2D eigenvalue weighted by Crippen LogP contribution is 2.40. The number of hydrogen-bond acceptors (Lipinski definition) is 4. The summed E-state index contributed by atoms with van der Waals surface area (Å²) in [6.07, 6.45) is 6.31. The van der Waals surface area contributed by atoms with E-state index < -0.39 is 5.97 Å².